The predicted octanol–water partition coefficient (Wildman–Crippen LogP) is 1.43. The lowest BCUT2D eigenvalue weighted by molar-refractivity contribution is 0.0943. The molecule has 0 atom stereocenters. The molecule has 0 saturated carbocycles. The van der Waals surface area contributed by atoms with Gasteiger partial charge in [-0.05, 0) is 51.3 Å². The largest absolute Gasteiger partial charge is 0.355 e. The molecular formula is C16H21N3O4S. The van der Waals surface area contributed by atoms with E-state index in [1.54, 1.807) is 12.1 Å². The Morgan fingerprint density at radius 1 is 1.25 bits per heavy atom. The van der Waals surface area contributed by atoms with Gasteiger partial charge in [-0.3, -0.25) is 4.79 Å². The predicted molar refractivity (Wildman–Crippen MR) is 90.6 cm³/mol. The Kier molecular flexibility index (Phi) is 5.74. The van der Waals surface area contributed by atoms with Crippen LogP contribution in [0.25, 0.3) is 11.3 Å². The summed E-state index contributed by atoms with van der Waals surface area (Å²) in [7, 11) is 0.703. The Bertz CT molecular complexity index is 795. The lowest BCUT2D eigenvalue weighted by Gasteiger charge is -2.08. The van der Waals surface area contributed by atoms with Crippen LogP contribution in [0.15, 0.2) is 39.8 Å². The summed E-state index contributed by atoms with van der Waals surface area (Å²) in [6.07, 6.45) is 1.99. The van der Waals surface area contributed by atoms with E-state index in [1.807, 2.05) is 19.0 Å². The lowest BCUT2D eigenvalue weighted by Crippen LogP contribution is -2.27. The molecule has 0 saturated heterocycles. The fourth-order valence-electron chi connectivity index (χ4n) is 2.07. The van der Waals surface area contributed by atoms with Crippen LogP contribution in [0.5, 0.6) is 0 Å². The van der Waals surface area contributed by atoms with E-state index in [4.69, 9.17) is 4.52 Å². The molecule has 7 nitrogen and oxygen atoms in total. The number of benzene rings is 1. The molecule has 0 aliphatic heterocycles. The molecule has 130 valence electrons. The quantitative estimate of drug-likeness (QED) is 0.759. The summed E-state index contributed by atoms with van der Waals surface area (Å²) in [5.74, 6) is 0.116. The summed E-state index contributed by atoms with van der Waals surface area (Å²) in [6, 6.07) is 7.77. The lowest BCUT2D eigenvalue weighted by atomic mass is 10.1. The van der Waals surface area contributed by atoms with Crippen LogP contribution < -0.4 is 5.32 Å². The van der Waals surface area contributed by atoms with Gasteiger partial charge in [-0.1, -0.05) is 5.16 Å². The number of carbonyl (C=O) groups is 1. The molecule has 1 heterocycles. The highest BCUT2D eigenvalue weighted by molar-refractivity contribution is 7.90. The van der Waals surface area contributed by atoms with E-state index in [-0.39, 0.29) is 16.5 Å². The van der Waals surface area contributed by atoms with Crippen LogP contribution >= 0.6 is 0 Å². The van der Waals surface area contributed by atoms with Gasteiger partial charge in [0.1, 0.15) is 0 Å². The van der Waals surface area contributed by atoms with Crippen LogP contribution in [0.2, 0.25) is 0 Å². The van der Waals surface area contributed by atoms with E-state index in [2.05, 4.69) is 10.5 Å². The van der Waals surface area contributed by atoms with Gasteiger partial charge in [-0.15, -0.1) is 0 Å². The van der Waals surface area contributed by atoms with Crippen LogP contribution in [0, 0.1) is 0 Å². The first-order valence-electron chi connectivity index (χ1n) is 7.47. The van der Waals surface area contributed by atoms with Gasteiger partial charge in [-0.25, -0.2) is 8.42 Å². The van der Waals surface area contributed by atoms with Crippen molar-refractivity contribution in [2.75, 3.05) is 33.4 Å². The van der Waals surface area contributed by atoms with E-state index in [0.717, 1.165) is 19.2 Å². The van der Waals surface area contributed by atoms with Crippen molar-refractivity contribution in [3.8, 4) is 11.3 Å². The summed E-state index contributed by atoms with van der Waals surface area (Å²) in [5, 5.41) is 6.54. The molecule has 1 aromatic heterocycles. The molecule has 2 rings (SSSR count). The molecule has 1 amide bonds. The molecule has 8 heteroatoms. The van der Waals surface area contributed by atoms with Crippen molar-refractivity contribution in [2.45, 2.75) is 11.3 Å². The molecule has 0 aliphatic carbocycles. The first kappa shape index (κ1) is 18.2. The second kappa shape index (κ2) is 7.59. The third-order valence-electron chi connectivity index (χ3n) is 3.38. The summed E-state index contributed by atoms with van der Waals surface area (Å²) < 4.78 is 28.1. The first-order chi connectivity index (χ1) is 11.3. The first-order valence-corrected chi connectivity index (χ1v) is 9.36. The minimum Gasteiger partial charge on any atom is -0.355 e. The van der Waals surface area contributed by atoms with Crippen molar-refractivity contribution in [3.63, 3.8) is 0 Å². The van der Waals surface area contributed by atoms with Crippen LogP contribution in [0.4, 0.5) is 0 Å². The smallest absolute Gasteiger partial charge is 0.273 e. The monoisotopic (exact) mass is 351 g/mol. The average molecular weight is 351 g/mol. The number of aromatic nitrogens is 1. The Hall–Kier alpha value is -2.19. The zero-order chi connectivity index (χ0) is 17.7. The van der Waals surface area contributed by atoms with Gasteiger partial charge in [0.05, 0.1) is 4.90 Å². The number of nitrogens with one attached hydrogen (secondary N) is 1. The number of carbonyl (C=O) groups excluding carboxylic acids is 1. The van der Waals surface area contributed by atoms with Gasteiger partial charge >= 0.3 is 0 Å². The Morgan fingerprint density at radius 2 is 1.92 bits per heavy atom. The van der Waals surface area contributed by atoms with Gasteiger partial charge in [0.2, 0.25) is 0 Å². The van der Waals surface area contributed by atoms with Crippen molar-refractivity contribution in [2.24, 2.45) is 0 Å². The molecule has 24 heavy (non-hydrogen) atoms. The van der Waals surface area contributed by atoms with Gasteiger partial charge in [0.25, 0.3) is 5.91 Å². The number of hydrogen-bond donors (Lipinski definition) is 1. The van der Waals surface area contributed by atoms with Gasteiger partial charge in [-0.2, -0.15) is 0 Å². The second-order valence-electron chi connectivity index (χ2n) is 5.79. The molecule has 2 aromatic rings. The topological polar surface area (TPSA) is 92.5 Å². The maximum atomic E-state index is 12.0. The van der Waals surface area contributed by atoms with Crippen LogP contribution in [-0.4, -0.2) is 57.8 Å². The minimum atomic E-state index is -3.24. The van der Waals surface area contributed by atoms with E-state index in [1.165, 1.54) is 18.2 Å². The highest BCUT2D eigenvalue weighted by atomic mass is 32.2. The Labute approximate surface area is 141 Å². The van der Waals surface area contributed by atoms with Crippen molar-refractivity contribution in [1.82, 2.24) is 15.4 Å². The second-order valence-corrected chi connectivity index (χ2v) is 7.80. The van der Waals surface area contributed by atoms with Crippen molar-refractivity contribution >= 4 is 15.7 Å². The highest BCUT2D eigenvalue weighted by Gasteiger charge is 2.14. The van der Waals surface area contributed by atoms with E-state index in [9.17, 15) is 13.2 Å². The fourth-order valence-corrected chi connectivity index (χ4v) is 2.70. The normalized spacial score (nSPS) is 11.7. The van der Waals surface area contributed by atoms with Crippen LogP contribution in [-0.2, 0) is 9.84 Å². The molecule has 0 radical (unpaired) electrons. The number of hydrogen-bond acceptors (Lipinski definition) is 6. The third-order valence-corrected chi connectivity index (χ3v) is 4.51. The van der Waals surface area contributed by atoms with E-state index < -0.39 is 9.84 Å². The summed E-state index contributed by atoms with van der Waals surface area (Å²) in [5.41, 5.74) is 0.851. The zero-order valence-corrected chi connectivity index (χ0v) is 14.8. The summed E-state index contributed by atoms with van der Waals surface area (Å²) >= 11 is 0. The maximum absolute atomic E-state index is 12.0. The molecule has 0 aliphatic rings. The molecule has 0 bridgehead atoms. The average Bonchev–Trinajstić information content (AvgIpc) is 3.00. The van der Waals surface area contributed by atoms with Crippen molar-refractivity contribution in [1.29, 1.82) is 0 Å². The standard InChI is InChI=1S/C16H21N3O4S/c1-19(2)10-4-9-17-16(20)14-11-15(23-18-14)12-5-7-13(8-6-12)24(3,21)22/h5-8,11H,4,9-10H2,1-3H3,(H,17,20). The molecule has 1 N–H and O–H groups in total. The van der Waals surface area contributed by atoms with Crippen molar-refractivity contribution < 1.29 is 17.7 Å². The Balaban J connectivity index is 2.01. The van der Waals surface area contributed by atoms with E-state index in [0.29, 0.717) is 17.9 Å². The zero-order valence-electron chi connectivity index (χ0n) is 13.9. The fraction of sp³-hybridized carbons (Fsp3) is 0.375. The Morgan fingerprint density at radius 3 is 2.50 bits per heavy atom. The number of nitrogens with zero attached hydrogens (tertiary/aromatic N) is 2. The molecular weight excluding hydrogens is 330 g/mol. The maximum Gasteiger partial charge on any atom is 0.273 e. The SMILES string of the molecule is CN(C)CCCNC(=O)c1cc(-c2ccc(S(C)(=O)=O)cc2)on1. The van der Waals surface area contributed by atoms with Gasteiger partial charge in [0, 0.05) is 24.4 Å². The molecule has 0 fully saturated rings. The summed E-state index contributed by atoms with van der Waals surface area (Å²) in [4.78, 5) is 14.3. The summed E-state index contributed by atoms with van der Waals surface area (Å²) in [6.45, 7) is 1.44. The highest BCUT2D eigenvalue weighted by Crippen LogP contribution is 2.22. The van der Waals surface area contributed by atoms with Crippen molar-refractivity contribution in [3.05, 3.63) is 36.0 Å². The van der Waals surface area contributed by atoms with Crippen LogP contribution in [0.3, 0.4) is 0 Å². The third kappa shape index (κ3) is 4.90. The number of sulfone groups is 1. The molecule has 1 aromatic carbocycles. The number of rotatable bonds is 7. The minimum absolute atomic E-state index is 0.196. The van der Waals surface area contributed by atoms with E-state index >= 15 is 0 Å². The number of amides is 1. The van der Waals surface area contributed by atoms with Gasteiger partial charge in [0.15, 0.2) is 21.3 Å². The molecule has 0 spiro atoms. The van der Waals surface area contributed by atoms with Crippen LogP contribution in [0.1, 0.15) is 16.9 Å². The van der Waals surface area contributed by atoms with Gasteiger partial charge < -0.3 is 14.7 Å². The molecule has 0 unspecified atom stereocenters.